The molecule has 1 amide bonds. The second-order valence-electron chi connectivity index (χ2n) is 5.08. The van der Waals surface area contributed by atoms with E-state index in [4.69, 9.17) is 4.74 Å². The molecule has 2 fully saturated rings. The summed E-state index contributed by atoms with van der Waals surface area (Å²) in [5, 5.41) is 12.0. The van der Waals surface area contributed by atoms with E-state index in [9.17, 15) is 14.7 Å². The van der Waals surface area contributed by atoms with Crippen LogP contribution in [0.1, 0.15) is 38.5 Å². The molecule has 2 N–H and O–H groups in total. The van der Waals surface area contributed by atoms with Gasteiger partial charge in [-0.05, 0) is 25.2 Å². The summed E-state index contributed by atoms with van der Waals surface area (Å²) in [5.41, 5.74) is -1.00. The fraction of sp³-hybridized carbons (Fsp3) is 0.833. The Kier molecular flexibility index (Phi) is 3.66. The number of hydrogen-bond donors (Lipinski definition) is 2. The molecule has 1 atom stereocenters. The van der Waals surface area contributed by atoms with Crippen LogP contribution in [0.15, 0.2) is 0 Å². The maximum atomic E-state index is 11.8. The van der Waals surface area contributed by atoms with Crippen LogP contribution in [0.5, 0.6) is 0 Å². The highest BCUT2D eigenvalue weighted by molar-refractivity contribution is 5.87. The Morgan fingerprint density at radius 1 is 1.35 bits per heavy atom. The van der Waals surface area contributed by atoms with Gasteiger partial charge in [-0.2, -0.15) is 0 Å². The van der Waals surface area contributed by atoms with Crippen LogP contribution in [0, 0.1) is 5.92 Å². The predicted molar refractivity (Wildman–Crippen MR) is 60.5 cm³/mol. The SMILES string of the molecule is O=C(CC1CCOC1)NC1(C(=O)O)CCCC1. The van der Waals surface area contributed by atoms with Crippen molar-refractivity contribution in [3.63, 3.8) is 0 Å². The number of carboxylic acid groups (broad SMARTS) is 1. The first kappa shape index (κ1) is 12.4. The van der Waals surface area contributed by atoms with Crippen molar-refractivity contribution in [2.75, 3.05) is 13.2 Å². The van der Waals surface area contributed by atoms with Gasteiger partial charge in [0.05, 0.1) is 0 Å². The zero-order valence-electron chi connectivity index (χ0n) is 9.91. The predicted octanol–water partition coefficient (Wildman–Crippen LogP) is 0.927. The van der Waals surface area contributed by atoms with E-state index in [2.05, 4.69) is 5.32 Å². The highest BCUT2D eigenvalue weighted by Gasteiger charge is 2.42. The zero-order chi connectivity index (χ0) is 12.3. The van der Waals surface area contributed by atoms with Crippen LogP contribution >= 0.6 is 0 Å². The molecule has 1 unspecified atom stereocenters. The lowest BCUT2D eigenvalue weighted by molar-refractivity contribution is -0.147. The molecule has 1 aliphatic carbocycles. The Morgan fingerprint density at radius 3 is 2.59 bits per heavy atom. The van der Waals surface area contributed by atoms with E-state index in [0.29, 0.717) is 32.5 Å². The van der Waals surface area contributed by atoms with Crippen molar-refractivity contribution >= 4 is 11.9 Å². The normalized spacial score (nSPS) is 26.9. The van der Waals surface area contributed by atoms with Gasteiger partial charge in [0.1, 0.15) is 5.54 Å². The molecule has 2 rings (SSSR count). The Hall–Kier alpha value is -1.10. The molecule has 1 saturated carbocycles. The smallest absolute Gasteiger partial charge is 0.329 e. The van der Waals surface area contributed by atoms with Crippen LogP contribution in [0.2, 0.25) is 0 Å². The Bertz CT molecular complexity index is 304. The molecule has 0 radical (unpaired) electrons. The number of hydrogen-bond acceptors (Lipinski definition) is 3. The highest BCUT2D eigenvalue weighted by atomic mass is 16.5. The zero-order valence-corrected chi connectivity index (χ0v) is 9.91. The molecule has 2 aliphatic rings. The number of carbonyl (C=O) groups excluding carboxylic acids is 1. The Morgan fingerprint density at radius 2 is 2.06 bits per heavy atom. The van der Waals surface area contributed by atoms with Gasteiger partial charge >= 0.3 is 5.97 Å². The third-order valence-electron chi connectivity index (χ3n) is 3.74. The third-order valence-corrected chi connectivity index (χ3v) is 3.74. The second-order valence-corrected chi connectivity index (χ2v) is 5.08. The number of amides is 1. The second kappa shape index (κ2) is 5.04. The quantitative estimate of drug-likeness (QED) is 0.767. The van der Waals surface area contributed by atoms with Gasteiger partial charge < -0.3 is 15.2 Å². The summed E-state index contributed by atoms with van der Waals surface area (Å²) in [7, 11) is 0. The number of nitrogens with one attached hydrogen (secondary N) is 1. The fourth-order valence-corrected chi connectivity index (χ4v) is 2.70. The van der Waals surface area contributed by atoms with Gasteiger partial charge in [0.25, 0.3) is 0 Å². The van der Waals surface area contributed by atoms with E-state index in [1.165, 1.54) is 0 Å². The van der Waals surface area contributed by atoms with E-state index in [1.807, 2.05) is 0 Å². The molecule has 17 heavy (non-hydrogen) atoms. The molecule has 5 heteroatoms. The maximum absolute atomic E-state index is 11.8. The summed E-state index contributed by atoms with van der Waals surface area (Å²) in [6.45, 7) is 1.33. The largest absolute Gasteiger partial charge is 0.480 e. The van der Waals surface area contributed by atoms with Crippen molar-refractivity contribution in [2.24, 2.45) is 5.92 Å². The number of aliphatic carboxylic acids is 1. The van der Waals surface area contributed by atoms with Crippen molar-refractivity contribution in [1.82, 2.24) is 5.32 Å². The molecule has 5 nitrogen and oxygen atoms in total. The van der Waals surface area contributed by atoms with Crippen molar-refractivity contribution in [1.29, 1.82) is 0 Å². The molecule has 1 saturated heterocycles. The highest BCUT2D eigenvalue weighted by Crippen LogP contribution is 2.30. The summed E-state index contributed by atoms with van der Waals surface area (Å²) >= 11 is 0. The summed E-state index contributed by atoms with van der Waals surface area (Å²) in [5.74, 6) is -0.793. The van der Waals surface area contributed by atoms with Crippen molar-refractivity contribution in [3.8, 4) is 0 Å². The maximum Gasteiger partial charge on any atom is 0.329 e. The minimum absolute atomic E-state index is 0.148. The van der Waals surface area contributed by atoms with E-state index in [0.717, 1.165) is 19.3 Å². The lowest BCUT2D eigenvalue weighted by Crippen LogP contribution is -2.52. The number of carbonyl (C=O) groups is 2. The van der Waals surface area contributed by atoms with E-state index >= 15 is 0 Å². The van der Waals surface area contributed by atoms with Crippen LogP contribution in [0.4, 0.5) is 0 Å². The van der Waals surface area contributed by atoms with Gasteiger partial charge in [0.2, 0.25) is 5.91 Å². The fourth-order valence-electron chi connectivity index (χ4n) is 2.70. The lowest BCUT2D eigenvalue weighted by Gasteiger charge is -2.25. The van der Waals surface area contributed by atoms with Gasteiger partial charge in [-0.1, -0.05) is 12.8 Å². The first-order valence-corrected chi connectivity index (χ1v) is 6.24. The van der Waals surface area contributed by atoms with Crippen molar-refractivity contribution in [3.05, 3.63) is 0 Å². The Labute approximate surface area is 101 Å². The van der Waals surface area contributed by atoms with E-state index < -0.39 is 11.5 Å². The van der Waals surface area contributed by atoms with Gasteiger partial charge in [-0.25, -0.2) is 4.79 Å². The molecule has 0 aromatic rings. The molecule has 0 aromatic carbocycles. The summed E-state index contributed by atoms with van der Waals surface area (Å²) in [4.78, 5) is 23.1. The molecule has 1 aliphatic heterocycles. The summed E-state index contributed by atoms with van der Waals surface area (Å²) in [6.07, 6.45) is 4.13. The van der Waals surface area contributed by atoms with Crippen LogP contribution in [-0.2, 0) is 14.3 Å². The molecular weight excluding hydrogens is 222 g/mol. The lowest BCUT2D eigenvalue weighted by atomic mass is 9.96. The molecule has 96 valence electrons. The van der Waals surface area contributed by atoms with Crippen molar-refractivity contribution in [2.45, 2.75) is 44.1 Å². The van der Waals surface area contributed by atoms with Crippen LogP contribution in [0.25, 0.3) is 0 Å². The van der Waals surface area contributed by atoms with E-state index in [1.54, 1.807) is 0 Å². The topological polar surface area (TPSA) is 75.6 Å². The molecule has 0 bridgehead atoms. The summed E-state index contributed by atoms with van der Waals surface area (Å²) in [6, 6.07) is 0. The molecule has 0 aromatic heterocycles. The minimum Gasteiger partial charge on any atom is -0.480 e. The average molecular weight is 241 g/mol. The molecular formula is C12H19NO4. The first-order valence-electron chi connectivity index (χ1n) is 6.24. The van der Waals surface area contributed by atoms with Crippen molar-refractivity contribution < 1.29 is 19.4 Å². The van der Waals surface area contributed by atoms with Crippen LogP contribution in [0.3, 0.4) is 0 Å². The number of ether oxygens (including phenoxy) is 1. The molecule has 1 heterocycles. The molecule has 0 spiro atoms. The van der Waals surface area contributed by atoms with Crippen LogP contribution < -0.4 is 5.32 Å². The summed E-state index contributed by atoms with van der Waals surface area (Å²) < 4.78 is 5.20. The number of rotatable bonds is 4. The van der Waals surface area contributed by atoms with Gasteiger partial charge in [-0.15, -0.1) is 0 Å². The van der Waals surface area contributed by atoms with Gasteiger partial charge in [-0.3, -0.25) is 4.79 Å². The monoisotopic (exact) mass is 241 g/mol. The minimum atomic E-state index is -1.00. The van der Waals surface area contributed by atoms with Crippen LogP contribution in [-0.4, -0.2) is 35.7 Å². The van der Waals surface area contributed by atoms with E-state index in [-0.39, 0.29) is 11.8 Å². The average Bonchev–Trinajstić information content (AvgIpc) is 2.89. The number of carboxylic acids is 1. The van der Waals surface area contributed by atoms with Gasteiger partial charge in [0, 0.05) is 19.6 Å². The third kappa shape index (κ3) is 2.77. The Balaban J connectivity index is 1.89. The first-order chi connectivity index (χ1) is 8.12. The van der Waals surface area contributed by atoms with Gasteiger partial charge in [0.15, 0.2) is 0 Å². The standard InChI is InChI=1S/C12H19NO4/c14-10(7-9-3-6-17-8-9)13-12(11(15)16)4-1-2-5-12/h9H,1-8H2,(H,13,14)(H,15,16).